The lowest BCUT2D eigenvalue weighted by Gasteiger charge is -2.02. The van der Waals surface area contributed by atoms with Gasteiger partial charge in [-0.2, -0.15) is 0 Å². The highest BCUT2D eigenvalue weighted by Gasteiger charge is 2.21. The van der Waals surface area contributed by atoms with E-state index in [1.807, 2.05) is 24.3 Å². The maximum absolute atomic E-state index is 11.5. The van der Waals surface area contributed by atoms with Crippen LogP contribution in [-0.4, -0.2) is 28.0 Å². The van der Waals surface area contributed by atoms with Crippen LogP contribution in [0.2, 0.25) is 0 Å². The van der Waals surface area contributed by atoms with E-state index in [-0.39, 0.29) is 16.3 Å². The van der Waals surface area contributed by atoms with E-state index in [1.165, 1.54) is 24.6 Å². The second kappa shape index (κ2) is 6.31. The summed E-state index contributed by atoms with van der Waals surface area (Å²) in [6.45, 7) is 0. The molecular formula is C14H9N3O4S2. The van der Waals surface area contributed by atoms with E-state index in [0.717, 1.165) is 28.0 Å². The Labute approximate surface area is 138 Å². The maximum atomic E-state index is 11.5. The van der Waals surface area contributed by atoms with Gasteiger partial charge in [-0.05, 0) is 23.9 Å². The number of pyridine rings is 1. The minimum atomic E-state index is -0.669. The molecule has 1 aromatic carbocycles. The monoisotopic (exact) mass is 347 g/mol. The number of aromatic nitrogens is 2. The number of methoxy groups -OCH3 is 1. The second-order valence-corrected chi connectivity index (χ2v) is 6.61. The number of nitrogens with zero attached hydrogens (tertiary/aromatic N) is 3. The van der Waals surface area contributed by atoms with Crippen molar-refractivity contribution in [3.63, 3.8) is 0 Å². The summed E-state index contributed by atoms with van der Waals surface area (Å²) in [5.41, 5.74) is 0.610. The molecule has 3 rings (SSSR count). The molecule has 0 amide bonds. The van der Waals surface area contributed by atoms with E-state index in [9.17, 15) is 14.9 Å². The Kier molecular flexibility index (Phi) is 4.22. The van der Waals surface area contributed by atoms with Crippen molar-refractivity contribution in [1.29, 1.82) is 0 Å². The van der Waals surface area contributed by atoms with Gasteiger partial charge in [-0.3, -0.25) is 10.1 Å². The predicted molar refractivity (Wildman–Crippen MR) is 86.0 cm³/mol. The second-order valence-electron chi connectivity index (χ2n) is 4.35. The molecule has 0 aliphatic heterocycles. The quantitative estimate of drug-likeness (QED) is 0.404. The van der Waals surface area contributed by atoms with Crippen molar-refractivity contribution >= 4 is 45.0 Å². The van der Waals surface area contributed by atoms with Crippen LogP contribution in [0.5, 0.6) is 0 Å². The van der Waals surface area contributed by atoms with Crippen molar-refractivity contribution in [2.75, 3.05) is 7.11 Å². The first-order chi connectivity index (χ1) is 11.1. The molecule has 0 spiro atoms. The van der Waals surface area contributed by atoms with Crippen LogP contribution in [0.25, 0.3) is 10.2 Å². The third-order valence-corrected chi connectivity index (χ3v) is 5.01. The number of rotatable bonds is 4. The normalized spacial score (nSPS) is 10.7. The standard InChI is InChI=1S/C14H9N3O4S2/c1-21-13(18)8-6-10(17(19)20)12(15-7-8)23-14-16-9-4-2-3-5-11(9)22-14/h2-7H,1H3. The SMILES string of the molecule is COC(=O)c1cnc(Sc2nc3ccccc3s2)c([N+](=O)[O-])c1. The van der Waals surface area contributed by atoms with Gasteiger partial charge in [-0.15, -0.1) is 11.3 Å². The lowest BCUT2D eigenvalue weighted by molar-refractivity contribution is -0.388. The number of carbonyl (C=O) groups is 1. The van der Waals surface area contributed by atoms with E-state index < -0.39 is 10.9 Å². The van der Waals surface area contributed by atoms with Gasteiger partial charge in [0, 0.05) is 12.3 Å². The van der Waals surface area contributed by atoms with Crippen LogP contribution in [0.15, 0.2) is 45.9 Å². The first kappa shape index (κ1) is 15.4. The molecule has 2 heterocycles. The van der Waals surface area contributed by atoms with E-state index in [4.69, 9.17) is 0 Å². The van der Waals surface area contributed by atoms with Gasteiger partial charge in [-0.25, -0.2) is 14.8 Å². The van der Waals surface area contributed by atoms with Crippen LogP contribution in [-0.2, 0) is 4.74 Å². The smallest absolute Gasteiger partial charge is 0.339 e. The van der Waals surface area contributed by atoms with Gasteiger partial charge >= 0.3 is 11.7 Å². The molecule has 2 aromatic heterocycles. The van der Waals surface area contributed by atoms with Crippen LogP contribution in [0.4, 0.5) is 5.69 Å². The Hall–Kier alpha value is -2.52. The minimum absolute atomic E-state index is 0.0350. The fourth-order valence-corrected chi connectivity index (χ4v) is 3.88. The topological polar surface area (TPSA) is 95.2 Å². The van der Waals surface area contributed by atoms with Crippen LogP contribution in [0.3, 0.4) is 0 Å². The highest BCUT2D eigenvalue weighted by molar-refractivity contribution is 8.01. The Morgan fingerprint density at radius 3 is 2.87 bits per heavy atom. The summed E-state index contributed by atoms with van der Waals surface area (Å²) in [6.07, 6.45) is 1.26. The molecule has 9 heteroatoms. The molecule has 0 saturated carbocycles. The third kappa shape index (κ3) is 3.15. The number of ether oxygens (including phenoxy) is 1. The van der Waals surface area contributed by atoms with Crippen LogP contribution < -0.4 is 0 Å². The summed E-state index contributed by atoms with van der Waals surface area (Å²) in [4.78, 5) is 30.6. The van der Waals surface area contributed by atoms with Crippen molar-refractivity contribution in [3.05, 3.63) is 52.2 Å². The number of hydrogen-bond acceptors (Lipinski definition) is 8. The van der Waals surface area contributed by atoms with Gasteiger partial charge in [0.15, 0.2) is 9.37 Å². The van der Waals surface area contributed by atoms with Gasteiger partial charge in [0.25, 0.3) is 0 Å². The Bertz CT molecular complexity index is 877. The summed E-state index contributed by atoms with van der Waals surface area (Å²) >= 11 is 2.52. The number of para-hydroxylation sites is 1. The fourth-order valence-electron chi connectivity index (χ4n) is 1.86. The summed E-state index contributed by atoms with van der Waals surface area (Å²) in [5, 5.41) is 11.4. The number of hydrogen-bond donors (Lipinski definition) is 0. The zero-order valence-corrected chi connectivity index (χ0v) is 13.4. The molecule has 116 valence electrons. The highest BCUT2D eigenvalue weighted by Crippen LogP contribution is 2.37. The molecule has 23 heavy (non-hydrogen) atoms. The average Bonchev–Trinajstić information content (AvgIpc) is 2.96. The molecule has 7 nitrogen and oxygen atoms in total. The summed E-state index contributed by atoms with van der Waals surface area (Å²) in [5.74, 6) is -0.669. The molecule has 0 N–H and O–H groups in total. The zero-order chi connectivity index (χ0) is 16.4. The molecule has 0 unspecified atom stereocenters. The lowest BCUT2D eigenvalue weighted by Crippen LogP contribution is -2.04. The van der Waals surface area contributed by atoms with Crippen LogP contribution in [0, 0.1) is 10.1 Å². The van der Waals surface area contributed by atoms with Crippen LogP contribution >= 0.6 is 23.1 Å². The molecular weight excluding hydrogens is 338 g/mol. The molecule has 3 aromatic rings. The molecule has 0 fully saturated rings. The number of carbonyl (C=O) groups excluding carboxylic acids is 1. The van der Waals surface area contributed by atoms with E-state index in [1.54, 1.807) is 0 Å². The lowest BCUT2D eigenvalue weighted by atomic mass is 10.3. The van der Waals surface area contributed by atoms with Gasteiger partial charge < -0.3 is 4.74 Å². The first-order valence-electron chi connectivity index (χ1n) is 6.34. The first-order valence-corrected chi connectivity index (χ1v) is 7.98. The fraction of sp³-hybridized carbons (Fsp3) is 0.0714. The van der Waals surface area contributed by atoms with Gasteiger partial charge in [0.2, 0.25) is 0 Å². The Morgan fingerprint density at radius 1 is 1.39 bits per heavy atom. The van der Waals surface area contributed by atoms with Crippen LogP contribution in [0.1, 0.15) is 10.4 Å². The van der Waals surface area contributed by atoms with E-state index in [0.29, 0.717) is 4.34 Å². The molecule has 0 atom stereocenters. The largest absolute Gasteiger partial charge is 0.465 e. The average molecular weight is 347 g/mol. The molecule has 0 aliphatic rings. The molecule has 0 bridgehead atoms. The van der Waals surface area contributed by atoms with Crippen molar-refractivity contribution in [1.82, 2.24) is 9.97 Å². The number of thiazole rings is 1. The molecule has 0 saturated heterocycles. The molecule has 0 radical (unpaired) electrons. The highest BCUT2D eigenvalue weighted by atomic mass is 32.2. The van der Waals surface area contributed by atoms with E-state index in [2.05, 4.69) is 14.7 Å². The Morgan fingerprint density at radius 2 is 2.17 bits per heavy atom. The number of fused-ring (bicyclic) bond motifs is 1. The van der Waals surface area contributed by atoms with Crippen molar-refractivity contribution in [2.45, 2.75) is 9.37 Å². The number of benzene rings is 1. The van der Waals surface area contributed by atoms with Gasteiger partial charge in [-0.1, -0.05) is 12.1 Å². The van der Waals surface area contributed by atoms with Crippen molar-refractivity contribution in [3.8, 4) is 0 Å². The summed E-state index contributed by atoms with van der Waals surface area (Å²) < 4.78 is 6.19. The zero-order valence-electron chi connectivity index (χ0n) is 11.8. The number of nitro groups is 1. The van der Waals surface area contributed by atoms with E-state index >= 15 is 0 Å². The maximum Gasteiger partial charge on any atom is 0.339 e. The summed E-state index contributed by atoms with van der Waals surface area (Å²) in [7, 11) is 1.21. The van der Waals surface area contributed by atoms with Crippen molar-refractivity contribution in [2.24, 2.45) is 0 Å². The minimum Gasteiger partial charge on any atom is -0.465 e. The third-order valence-electron chi connectivity index (χ3n) is 2.91. The van der Waals surface area contributed by atoms with Gasteiger partial charge in [0.05, 0.1) is 27.8 Å². The Balaban J connectivity index is 1.98. The predicted octanol–water partition coefficient (Wildman–Crippen LogP) is 3.54. The van der Waals surface area contributed by atoms with Gasteiger partial charge in [0.1, 0.15) is 0 Å². The summed E-state index contributed by atoms with van der Waals surface area (Å²) in [6, 6.07) is 8.75. The van der Waals surface area contributed by atoms with Crippen molar-refractivity contribution < 1.29 is 14.5 Å². The molecule has 0 aliphatic carbocycles. The number of esters is 1.